The van der Waals surface area contributed by atoms with Gasteiger partial charge in [-0.05, 0) is 36.8 Å². The number of halogens is 1. The number of rotatable bonds is 5. The SMILES string of the molecule is CC(C)(C)c1cc(CCC(=O)Nc2ccc(Cl)cc2)nc(NC#N)n1. The van der Waals surface area contributed by atoms with E-state index in [1.165, 1.54) is 0 Å². The number of benzene rings is 1. The number of nitriles is 1. The van der Waals surface area contributed by atoms with Crippen LogP contribution < -0.4 is 10.6 Å². The van der Waals surface area contributed by atoms with Crippen LogP contribution in [0.15, 0.2) is 30.3 Å². The number of anilines is 2. The van der Waals surface area contributed by atoms with Crippen molar-refractivity contribution in [3.63, 3.8) is 0 Å². The molecule has 1 aromatic heterocycles. The second kappa shape index (κ2) is 7.95. The third-order valence-electron chi connectivity index (χ3n) is 3.45. The first kappa shape index (κ1) is 18.7. The summed E-state index contributed by atoms with van der Waals surface area (Å²) in [7, 11) is 0. The van der Waals surface area contributed by atoms with Crippen LogP contribution in [0.1, 0.15) is 38.6 Å². The molecule has 2 rings (SSSR count). The van der Waals surface area contributed by atoms with Crippen LogP contribution in [0.4, 0.5) is 11.6 Å². The number of aryl methyl sites for hydroxylation is 1. The monoisotopic (exact) mass is 357 g/mol. The lowest BCUT2D eigenvalue weighted by Gasteiger charge is -2.19. The number of nitrogens with one attached hydrogen (secondary N) is 2. The van der Waals surface area contributed by atoms with Gasteiger partial charge in [0.15, 0.2) is 6.19 Å². The summed E-state index contributed by atoms with van der Waals surface area (Å²) in [4.78, 5) is 20.7. The van der Waals surface area contributed by atoms with Crippen molar-refractivity contribution < 1.29 is 4.79 Å². The molecule has 1 heterocycles. The third kappa shape index (κ3) is 5.73. The quantitative estimate of drug-likeness (QED) is 0.625. The third-order valence-corrected chi connectivity index (χ3v) is 3.70. The summed E-state index contributed by atoms with van der Waals surface area (Å²) in [6.45, 7) is 6.09. The Morgan fingerprint density at radius 2 is 1.92 bits per heavy atom. The van der Waals surface area contributed by atoms with Crippen LogP contribution in [-0.2, 0) is 16.6 Å². The lowest BCUT2D eigenvalue weighted by molar-refractivity contribution is -0.116. The molecule has 0 saturated carbocycles. The van der Waals surface area contributed by atoms with E-state index in [4.69, 9.17) is 16.9 Å². The maximum Gasteiger partial charge on any atom is 0.236 e. The van der Waals surface area contributed by atoms with Crippen LogP contribution in [0.5, 0.6) is 0 Å². The first-order valence-corrected chi connectivity index (χ1v) is 8.24. The highest BCUT2D eigenvalue weighted by atomic mass is 35.5. The fourth-order valence-electron chi connectivity index (χ4n) is 2.11. The van der Waals surface area contributed by atoms with Gasteiger partial charge in [0.05, 0.1) is 5.69 Å². The number of hydrogen-bond donors (Lipinski definition) is 2. The second-order valence-electron chi connectivity index (χ2n) is 6.61. The van der Waals surface area contributed by atoms with E-state index in [9.17, 15) is 4.79 Å². The van der Waals surface area contributed by atoms with E-state index in [1.807, 2.05) is 33.0 Å². The Morgan fingerprint density at radius 1 is 1.24 bits per heavy atom. The summed E-state index contributed by atoms with van der Waals surface area (Å²) in [5, 5.41) is 14.7. The molecular formula is C18H20ClN5O. The molecule has 0 radical (unpaired) electrons. The molecule has 1 amide bonds. The molecule has 0 bridgehead atoms. The van der Waals surface area contributed by atoms with Gasteiger partial charge in [0.1, 0.15) is 0 Å². The van der Waals surface area contributed by atoms with Gasteiger partial charge in [-0.3, -0.25) is 10.1 Å². The molecule has 2 N–H and O–H groups in total. The highest BCUT2D eigenvalue weighted by molar-refractivity contribution is 6.30. The Labute approximate surface area is 152 Å². The van der Waals surface area contributed by atoms with Crippen LogP contribution in [0.25, 0.3) is 0 Å². The van der Waals surface area contributed by atoms with E-state index in [2.05, 4.69) is 20.6 Å². The van der Waals surface area contributed by atoms with Gasteiger partial charge in [-0.1, -0.05) is 32.4 Å². The van der Waals surface area contributed by atoms with Crippen LogP contribution in [0.3, 0.4) is 0 Å². The van der Waals surface area contributed by atoms with Gasteiger partial charge in [-0.25, -0.2) is 9.97 Å². The van der Waals surface area contributed by atoms with Crippen molar-refractivity contribution in [2.24, 2.45) is 0 Å². The molecule has 0 spiro atoms. The van der Waals surface area contributed by atoms with Gasteiger partial charge in [0, 0.05) is 28.2 Å². The van der Waals surface area contributed by atoms with E-state index in [0.29, 0.717) is 22.8 Å². The first-order chi connectivity index (χ1) is 11.8. The standard InChI is InChI=1S/C18H20ClN5O/c1-18(2,3)15-10-14(23-17(24-15)21-11-20)8-9-16(25)22-13-6-4-12(19)5-7-13/h4-7,10H,8-9H2,1-3H3,(H,22,25)(H,21,23,24). The molecular weight excluding hydrogens is 338 g/mol. The van der Waals surface area contributed by atoms with Crippen LogP contribution >= 0.6 is 11.6 Å². The van der Waals surface area contributed by atoms with Gasteiger partial charge in [-0.15, -0.1) is 0 Å². The van der Waals surface area contributed by atoms with E-state index in [-0.39, 0.29) is 23.7 Å². The minimum Gasteiger partial charge on any atom is -0.326 e. The largest absolute Gasteiger partial charge is 0.326 e. The first-order valence-electron chi connectivity index (χ1n) is 7.87. The Kier molecular flexibility index (Phi) is 5.94. The highest BCUT2D eigenvalue weighted by Gasteiger charge is 2.18. The molecule has 6 nitrogen and oxygen atoms in total. The van der Waals surface area contributed by atoms with Crippen molar-refractivity contribution in [1.82, 2.24) is 9.97 Å². The maximum absolute atomic E-state index is 12.1. The average molecular weight is 358 g/mol. The minimum atomic E-state index is -0.185. The topological polar surface area (TPSA) is 90.7 Å². The molecule has 0 aliphatic rings. The van der Waals surface area contributed by atoms with Gasteiger partial charge < -0.3 is 5.32 Å². The van der Waals surface area contributed by atoms with Crippen molar-refractivity contribution in [2.45, 2.75) is 39.0 Å². The maximum atomic E-state index is 12.1. The second-order valence-corrected chi connectivity index (χ2v) is 7.05. The Morgan fingerprint density at radius 3 is 2.52 bits per heavy atom. The lowest BCUT2D eigenvalue weighted by Crippen LogP contribution is -2.17. The number of carbonyl (C=O) groups is 1. The number of amides is 1. The van der Waals surface area contributed by atoms with E-state index in [0.717, 1.165) is 5.69 Å². The fraction of sp³-hybridized carbons (Fsp3) is 0.333. The predicted octanol–water partition coefficient (Wildman–Crippen LogP) is 3.89. The summed E-state index contributed by atoms with van der Waals surface area (Å²) in [6.07, 6.45) is 2.55. The number of nitrogens with zero attached hydrogens (tertiary/aromatic N) is 3. The fourth-order valence-corrected chi connectivity index (χ4v) is 2.24. The average Bonchev–Trinajstić information content (AvgIpc) is 2.54. The normalized spacial score (nSPS) is 10.8. The zero-order valence-electron chi connectivity index (χ0n) is 14.4. The summed E-state index contributed by atoms with van der Waals surface area (Å²) >= 11 is 5.83. The number of carbonyl (C=O) groups excluding carboxylic acids is 1. The summed E-state index contributed by atoms with van der Waals surface area (Å²) in [5.41, 5.74) is 2.03. The predicted molar refractivity (Wildman–Crippen MR) is 98.4 cm³/mol. The molecule has 0 fully saturated rings. The summed E-state index contributed by atoms with van der Waals surface area (Å²) in [5.74, 6) is 0.135. The van der Waals surface area contributed by atoms with Crippen molar-refractivity contribution in [3.8, 4) is 6.19 Å². The lowest BCUT2D eigenvalue weighted by atomic mass is 9.91. The number of aromatic nitrogens is 2. The molecule has 2 aromatic rings. The van der Waals surface area contributed by atoms with Crippen LogP contribution in [0.2, 0.25) is 5.02 Å². The molecule has 0 unspecified atom stereocenters. The van der Waals surface area contributed by atoms with Crippen molar-refractivity contribution in [3.05, 3.63) is 46.7 Å². The molecule has 0 aliphatic carbocycles. The van der Waals surface area contributed by atoms with Gasteiger partial charge in [0.25, 0.3) is 0 Å². The zero-order chi connectivity index (χ0) is 18.4. The Hall–Kier alpha value is -2.65. The van der Waals surface area contributed by atoms with Crippen molar-refractivity contribution in [1.29, 1.82) is 5.26 Å². The van der Waals surface area contributed by atoms with Gasteiger partial charge in [-0.2, -0.15) is 5.26 Å². The Balaban J connectivity index is 2.06. The van der Waals surface area contributed by atoms with Crippen molar-refractivity contribution in [2.75, 3.05) is 10.6 Å². The Bertz CT molecular complexity index is 791. The molecule has 0 saturated heterocycles. The van der Waals surface area contributed by atoms with Crippen molar-refractivity contribution >= 4 is 29.1 Å². The van der Waals surface area contributed by atoms with Crippen LogP contribution in [-0.4, -0.2) is 15.9 Å². The van der Waals surface area contributed by atoms with Gasteiger partial charge >= 0.3 is 0 Å². The molecule has 0 aliphatic heterocycles. The van der Waals surface area contributed by atoms with Gasteiger partial charge in [0.2, 0.25) is 11.9 Å². The molecule has 25 heavy (non-hydrogen) atoms. The van der Waals surface area contributed by atoms with Crippen LogP contribution in [0, 0.1) is 11.5 Å². The smallest absolute Gasteiger partial charge is 0.236 e. The zero-order valence-corrected chi connectivity index (χ0v) is 15.2. The van der Waals surface area contributed by atoms with E-state index < -0.39 is 0 Å². The van der Waals surface area contributed by atoms with E-state index in [1.54, 1.807) is 24.3 Å². The summed E-state index contributed by atoms with van der Waals surface area (Å²) in [6, 6.07) is 8.81. The minimum absolute atomic E-state index is 0.118. The number of hydrogen-bond acceptors (Lipinski definition) is 5. The molecule has 1 aromatic carbocycles. The molecule has 0 atom stereocenters. The molecule has 130 valence electrons. The van der Waals surface area contributed by atoms with E-state index >= 15 is 0 Å². The summed E-state index contributed by atoms with van der Waals surface area (Å²) < 4.78 is 0. The molecule has 7 heteroatoms. The highest BCUT2D eigenvalue weighted by Crippen LogP contribution is 2.22.